The van der Waals surface area contributed by atoms with Gasteiger partial charge in [-0.1, -0.05) is 0 Å². The molecule has 1 aliphatic heterocycles. The number of hydrogen-bond donors (Lipinski definition) is 4. The second-order valence-corrected chi connectivity index (χ2v) is 4.75. The first-order valence-corrected chi connectivity index (χ1v) is 6.23. The molecule has 0 aromatic heterocycles. The molecule has 0 aromatic rings. The molecule has 1 saturated heterocycles. The van der Waals surface area contributed by atoms with Crippen molar-refractivity contribution in [3.8, 4) is 0 Å². The molecule has 0 radical (unpaired) electrons. The number of aliphatic hydroxyl groups is 1. The van der Waals surface area contributed by atoms with E-state index in [1.165, 1.54) is 4.90 Å². The van der Waals surface area contributed by atoms with E-state index in [1.807, 2.05) is 0 Å². The highest BCUT2D eigenvalue weighted by molar-refractivity contribution is 5.83. The zero-order chi connectivity index (χ0) is 15.3. The van der Waals surface area contributed by atoms with Gasteiger partial charge in [-0.2, -0.15) is 0 Å². The summed E-state index contributed by atoms with van der Waals surface area (Å²) in [6.45, 7) is 0.404. The summed E-state index contributed by atoms with van der Waals surface area (Å²) in [7, 11) is 3.19. The Morgan fingerprint density at radius 1 is 1.25 bits per heavy atom. The number of urea groups is 2. The summed E-state index contributed by atoms with van der Waals surface area (Å²) in [5, 5.41) is 23.4. The Balaban J connectivity index is 2.35. The number of carbonyl (C=O) groups is 3. The first-order valence-electron chi connectivity index (χ1n) is 6.23. The van der Waals surface area contributed by atoms with Crippen molar-refractivity contribution in [3.05, 3.63) is 0 Å². The molecule has 0 saturated carbocycles. The van der Waals surface area contributed by atoms with Crippen LogP contribution in [0.3, 0.4) is 0 Å². The maximum absolute atomic E-state index is 11.8. The number of amides is 4. The predicted molar refractivity (Wildman–Crippen MR) is 69.2 cm³/mol. The molecule has 0 unspecified atom stereocenters. The largest absolute Gasteiger partial charge is 0.480 e. The molecule has 2 atom stereocenters. The standard InChI is InChI=1S/C11H20N4O5/c1-14(2)10(19)12-3-4-13-11(20)15-6-7(16)5-8(15)9(17)18/h7-8,16H,3-6H2,1-2H3,(H,12,19)(H,13,20)(H,17,18)/t7-,8-/m0/s1. The molecule has 4 amide bonds. The van der Waals surface area contributed by atoms with Crippen LogP contribution in [0, 0.1) is 0 Å². The van der Waals surface area contributed by atoms with E-state index in [9.17, 15) is 19.5 Å². The number of aliphatic hydroxyl groups excluding tert-OH is 1. The molecule has 1 aliphatic rings. The molecule has 0 spiro atoms. The van der Waals surface area contributed by atoms with Crippen LogP contribution < -0.4 is 10.6 Å². The van der Waals surface area contributed by atoms with Crippen molar-refractivity contribution in [3.63, 3.8) is 0 Å². The van der Waals surface area contributed by atoms with E-state index < -0.39 is 24.1 Å². The summed E-state index contributed by atoms with van der Waals surface area (Å²) in [6, 6.07) is -1.85. The molecule has 0 bridgehead atoms. The second kappa shape index (κ2) is 6.94. The summed E-state index contributed by atoms with van der Waals surface area (Å²) in [6.07, 6.45) is -0.796. The fourth-order valence-corrected chi connectivity index (χ4v) is 1.87. The van der Waals surface area contributed by atoms with Gasteiger partial charge in [0.25, 0.3) is 0 Å². The minimum absolute atomic E-state index is 0.00709. The molecule has 114 valence electrons. The summed E-state index contributed by atoms with van der Waals surface area (Å²) in [5.41, 5.74) is 0. The highest BCUT2D eigenvalue weighted by atomic mass is 16.4. The van der Waals surface area contributed by atoms with Crippen LogP contribution in [0.4, 0.5) is 9.59 Å². The van der Waals surface area contributed by atoms with Gasteiger partial charge in [0.2, 0.25) is 0 Å². The lowest BCUT2D eigenvalue weighted by molar-refractivity contribution is -0.141. The Labute approximate surface area is 116 Å². The lowest BCUT2D eigenvalue weighted by Crippen LogP contribution is -2.48. The zero-order valence-electron chi connectivity index (χ0n) is 11.5. The first kappa shape index (κ1) is 16.0. The summed E-state index contributed by atoms with van der Waals surface area (Å²) < 4.78 is 0. The number of carboxylic acids is 1. The van der Waals surface area contributed by atoms with Gasteiger partial charge >= 0.3 is 18.0 Å². The number of β-amino-alcohol motifs (C(OH)–C–C–N with tert-alkyl or cyclic N) is 1. The number of likely N-dealkylation sites (tertiary alicyclic amines) is 1. The maximum Gasteiger partial charge on any atom is 0.326 e. The van der Waals surface area contributed by atoms with Crippen molar-refractivity contribution in [2.45, 2.75) is 18.6 Å². The van der Waals surface area contributed by atoms with Gasteiger partial charge in [-0.25, -0.2) is 14.4 Å². The number of hydrogen-bond acceptors (Lipinski definition) is 4. The van der Waals surface area contributed by atoms with Gasteiger partial charge in [-0.3, -0.25) is 0 Å². The van der Waals surface area contributed by atoms with Gasteiger partial charge in [0.05, 0.1) is 6.10 Å². The van der Waals surface area contributed by atoms with Crippen LogP contribution >= 0.6 is 0 Å². The summed E-state index contributed by atoms with van der Waals surface area (Å²) >= 11 is 0. The van der Waals surface area contributed by atoms with Crippen LogP contribution in [-0.2, 0) is 4.79 Å². The van der Waals surface area contributed by atoms with Gasteiger partial charge in [0, 0.05) is 40.2 Å². The zero-order valence-corrected chi connectivity index (χ0v) is 11.5. The third-order valence-electron chi connectivity index (χ3n) is 2.91. The molecule has 1 rings (SSSR count). The maximum atomic E-state index is 11.8. The molecule has 0 aliphatic carbocycles. The molecule has 0 aromatic carbocycles. The number of carbonyl (C=O) groups excluding carboxylic acids is 2. The monoisotopic (exact) mass is 288 g/mol. The Morgan fingerprint density at radius 2 is 1.85 bits per heavy atom. The Morgan fingerprint density at radius 3 is 2.40 bits per heavy atom. The second-order valence-electron chi connectivity index (χ2n) is 4.75. The molecule has 4 N–H and O–H groups in total. The van der Waals surface area contributed by atoms with Gasteiger partial charge in [-0.15, -0.1) is 0 Å². The first-order chi connectivity index (χ1) is 9.32. The average Bonchev–Trinajstić information content (AvgIpc) is 2.76. The van der Waals surface area contributed by atoms with Gasteiger partial charge < -0.3 is 30.6 Å². The fraction of sp³-hybridized carbons (Fsp3) is 0.727. The van der Waals surface area contributed by atoms with Gasteiger partial charge in [-0.05, 0) is 0 Å². The Bertz CT molecular complexity index is 387. The fourth-order valence-electron chi connectivity index (χ4n) is 1.87. The summed E-state index contributed by atoms with van der Waals surface area (Å²) in [4.78, 5) is 36.4. The molecule has 1 heterocycles. The van der Waals surface area contributed by atoms with E-state index in [0.717, 1.165) is 4.90 Å². The SMILES string of the molecule is CN(C)C(=O)NCCNC(=O)N1C[C@@H](O)C[C@H]1C(=O)O. The average molecular weight is 288 g/mol. The van der Waals surface area contributed by atoms with Crippen LogP contribution in [0.2, 0.25) is 0 Å². The number of aliphatic carboxylic acids is 1. The third kappa shape index (κ3) is 4.26. The molecular weight excluding hydrogens is 268 g/mol. The van der Waals surface area contributed by atoms with E-state index in [0.29, 0.717) is 0 Å². The molecule has 1 fully saturated rings. The number of nitrogens with zero attached hydrogens (tertiary/aromatic N) is 2. The topological polar surface area (TPSA) is 122 Å². The highest BCUT2D eigenvalue weighted by Gasteiger charge is 2.38. The molecular formula is C11H20N4O5. The van der Waals surface area contributed by atoms with E-state index in [1.54, 1.807) is 14.1 Å². The van der Waals surface area contributed by atoms with Crippen molar-refractivity contribution >= 4 is 18.0 Å². The van der Waals surface area contributed by atoms with E-state index in [-0.39, 0.29) is 32.1 Å². The normalized spacial score (nSPS) is 21.4. The van der Waals surface area contributed by atoms with E-state index >= 15 is 0 Å². The number of carboxylic acid groups (broad SMARTS) is 1. The molecule has 9 heteroatoms. The molecule has 9 nitrogen and oxygen atoms in total. The van der Waals surface area contributed by atoms with Crippen molar-refractivity contribution in [1.82, 2.24) is 20.4 Å². The van der Waals surface area contributed by atoms with Crippen LogP contribution in [0.25, 0.3) is 0 Å². The van der Waals surface area contributed by atoms with Crippen molar-refractivity contribution in [1.29, 1.82) is 0 Å². The van der Waals surface area contributed by atoms with Crippen molar-refractivity contribution in [2.75, 3.05) is 33.7 Å². The molecule has 20 heavy (non-hydrogen) atoms. The Kier molecular flexibility index (Phi) is 5.56. The number of nitrogens with one attached hydrogen (secondary N) is 2. The third-order valence-corrected chi connectivity index (χ3v) is 2.91. The number of rotatable bonds is 4. The Hall–Kier alpha value is -2.03. The predicted octanol–water partition coefficient (Wildman–Crippen LogP) is -1.51. The van der Waals surface area contributed by atoms with Gasteiger partial charge in [0.1, 0.15) is 6.04 Å². The lowest BCUT2D eigenvalue weighted by atomic mass is 10.2. The van der Waals surface area contributed by atoms with Crippen LogP contribution in [0.15, 0.2) is 0 Å². The van der Waals surface area contributed by atoms with Crippen LogP contribution in [0.5, 0.6) is 0 Å². The quantitative estimate of drug-likeness (QED) is 0.468. The van der Waals surface area contributed by atoms with Crippen molar-refractivity contribution in [2.24, 2.45) is 0 Å². The summed E-state index contributed by atoms with van der Waals surface area (Å²) in [5.74, 6) is -1.14. The van der Waals surface area contributed by atoms with Crippen LogP contribution in [0.1, 0.15) is 6.42 Å². The smallest absolute Gasteiger partial charge is 0.326 e. The van der Waals surface area contributed by atoms with Crippen LogP contribution in [-0.4, -0.2) is 83.9 Å². The minimum Gasteiger partial charge on any atom is -0.480 e. The van der Waals surface area contributed by atoms with E-state index in [2.05, 4.69) is 10.6 Å². The van der Waals surface area contributed by atoms with Crippen molar-refractivity contribution < 1.29 is 24.6 Å². The van der Waals surface area contributed by atoms with E-state index in [4.69, 9.17) is 5.11 Å². The van der Waals surface area contributed by atoms with Gasteiger partial charge in [0.15, 0.2) is 0 Å². The highest BCUT2D eigenvalue weighted by Crippen LogP contribution is 2.17. The minimum atomic E-state index is -1.14. The lowest BCUT2D eigenvalue weighted by Gasteiger charge is -2.21.